The molecule has 0 atom stereocenters. The van der Waals surface area contributed by atoms with Crippen LogP contribution in [0.4, 0.5) is 8.78 Å². The van der Waals surface area contributed by atoms with E-state index in [9.17, 15) is 8.78 Å². The van der Waals surface area contributed by atoms with Crippen LogP contribution in [0.5, 0.6) is 0 Å². The van der Waals surface area contributed by atoms with Crippen LogP contribution in [-0.4, -0.2) is 20.7 Å². The summed E-state index contributed by atoms with van der Waals surface area (Å²) in [5.74, 6) is 0.763. The number of nitrogens with zero attached hydrogens (tertiary/aromatic N) is 3. The molecular weight excluding hydrogens is 196 g/mol. The van der Waals surface area contributed by atoms with Gasteiger partial charge in [-0.2, -0.15) is 23.7 Å². The molecule has 13 heavy (non-hydrogen) atoms. The summed E-state index contributed by atoms with van der Waals surface area (Å²) in [4.78, 5) is 9.47. The standard InChI is InChI=1S/C7H9F2N3S/c1-2-3-4-13-7-11-5(8)10-6(9)12-7/h2-4H2,1H3. The molecule has 0 unspecified atom stereocenters. The zero-order chi connectivity index (χ0) is 9.68. The fourth-order valence-corrected chi connectivity index (χ4v) is 1.58. The number of halogens is 2. The Morgan fingerprint density at radius 1 is 1.15 bits per heavy atom. The molecular formula is C7H9F2N3S. The van der Waals surface area contributed by atoms with Crippen LogP contribution in [0, 0.1) is 12.2 Å². The molecule has 0 N–H and O–H groups in total. The molecule has 0 aliphatic heterocycles. The van der Waals surface area contributed by atoms with Crippen molar-refractivity contribution in [1.82, 2.24) is 15.0 Å². The normalized spacial score (nSPS) is 10.4. The van der Waals surface area contributed by atoms with Crippen molar-refractivity contribution in [3.8, 4) is 0 Å². The molecule has 0 aromatic carbocycles. The third kappa shape index (κ3) is 3.63. The lowest BCUT2D eigenvalue weighted by Crippen LogP contribution is -1.99. The second kappa shape index (κ2) is 5.06. The van der Waals surface area contributed by atoms with Gasteiger partial charge in [-0.25, -0.2) is 0 Å². The molecule has 6 heteroatoms. The van der Waals surface area contributed by atoms with E-state index in [0.29, 0.717) is 0 Å². The fourth-order valence-electron chi connectivity index (χ4n) is 0.681. The van der Waals surface area contributed by atoms with Gasteiger partial charge in [0.1, 0.15) is 0 Å². The van der Waals surface area contributed by atoms with Gasteiger partial charge in [0.2, 0.25) is 0 Å². The monoisotopic (exact) mass is 205 g/mol. The molecule has 0 radical (unpaired) electrons. The molecule has 0 saturated carbocycles. The molecule has 1 heterocycles. The summed E-state index contributed by atoms with van der Waals surface area (Å²) < 4.78 is 24.8. The van der Waals surface area contributed by atoms with E-state index < -0.39 is 12.2 Å². The maximum atomic E-state index is 12.4. The van der Waals surface area contributed by atoms with Gasteiger partial charge in [0, 0.05) is 5.75 Å². The number of hydrogen-bond acceptors (Lipinski definition) is 4. The van der Waals surface area contributed by atoms with Crippen LogP contribution in [0.15, 0.2) is 5.16 Å². The summed E-state index contributed by atoms with van der Waals surface area (Å²) in [6, 6.07) is 0. The predicted octanol–water partition coefficient (Wildman–Crippen LogP) is 2.04. The Morgan fingerprint density at radius 2 is 1.77 bits per heavy atom. The Kier molecular flexibility index (Phi) is 4.01. The van der Waals surface area contributed by atoms with Crippen molar-refractivity contribution in [2.24, 2.45) is 0 Å². The summed E-state index contributed by atoms with van der Waals surface area (Å²) in [5.41, 5.74) is 0. The highest BCUT2D eigenvalue weighted by atomic mass is 32.2. The fraction of sp³-hybridized carbons (Fsp3) is 0.571. The maximum absolute atomic E-state index is 12.4. The lowest BCUT2D eigenvalue weighted by molar-refractivity contribution is 0.434. The average molecular weight is 205 g/mol. The first-order valence-corrected chi connectivity index (χ1v) is 4.91. The molecule has 72 valence electrons. The van der Waals surface area contributed by atoms with Gasteiger partial charge in [-0.1, -0.05) is 25.1 Å². The Morgan fingerprint density at radius 3 is 2.31 bits per heavy atom. The Labute approximate surface area is 79.0 Å². The van der Waals surface area contributed by atoms with Crippen molar-refractivity contribution in [1.29, 1.82) is 0 Å². The number of unbranched alkanes of at least 4 members (excludes halogenated alkanes) is 1. The van der Waals surface area contributed by atoms with Crippen molar-refractivity contribution >= 4 is 11.8 Å². The van der Waals surface area contributed by atoms with Crippen LogP contribution in [0.1, 0.15) is 19.8 Å². The van der Waals surface area contributed by atoms with Crippen molar-refractivity contribution < 1.29 is 8.78 Å². The molecule has 0 aliphatic carbocycles. The zero-order valence-corrected chi connectivity index (χ0v) is 7.94. The van der Waals surface area contributed by atoms with Crippen molar-refractivity contribution in [2.45, 2.75) is 24.9 Å². The SMILES string of the molecule is CCCCSc1nc(F)nc(F)n1. The molecule has 1 aromatic rings. The third-order valence-corrected chi connectivity index (χ3v) is 2.22. The van der Waals surface area contributed by atoms with E-state index in [1.165, 1.54) is 11.8 Å². The first-order chi connectivity index (χ1) is 6.22. The molecule has 1 rings (SSSR count). The number of rotatable bonds is 4. The van der Waals surface area contributed by atoms with Gasteiger partial charge in [-0.15, -0.1) is 0 Å². The van der Waals surface area contributed by atoms with Gasteiger partial charge in [0.05, 0.1) is 0 Å². The summed E-state index contributed by atoms with van der Waals surface area (Å²) >= 11 is 1.23. The van der Waals surface area contributed by atoms with Gasteiger partial charge >= 0.3 is 12.2 Å². The van der Waals surface area contributed by atoms with Crippen molar-refractivity contribution in [2.75, 3.05) is 5.75 Å². The first kappa shape index (κ1) is 10.3. The summed E-state index contributed by atoms with van der Waals surface area (Å²) in [7, 11) is 0. The van der Waals surface area contributed by atoms with E-state index in [1.54, 1.807) is 0 Å². The molecule has 0 aliphatic rings. The van der Waals surface area contributed by atoms with E-state index in [4.69, 9.17) is 0 Å². The van der Waals surface area contributed by atoms with E-state index in [2.05, 4.69) is 15.0 Å². The van der Waals surface area contributed by atoms with Crippen LogP contribution in [0.25, 0.3) is 0 Å². The van der Waals surface area contributed by atoms with Crippen LogP contribution < -0.4 is 0 Å². The van der Waals surface area contributed by atoms with Crippen LogP contribution in [0.3, 0.4) is 0 Å². The first-order valence-electron chi connectivity index (χ1n) is 3.92. The largest absolute Gasteiger partial charge is 0.315 e. The van der Waals surface area contributed by atoms with Gasteiger partial charge in [0.25, 0.3) is 0 Å². The lowest BCUT2D eigenvalue weighted by atomic mass is 10.4. The third-order valence-electron chi connectivity index (χ3n) is 1.29. The van der Waals surface area contributed by atoms with Crippen molar-refractivity contribution in [3.63, 3.8) is 0 Å². The van der Waals surface area contributed by atoms with Crippen LogP contribution in [0.2, 0.25) is 0 Å². The minimum atomic E-state index is -1.06. The highest BCUT2D eigenvalue weighted by Crippen LogP contribution is 2.13. The van der Waals surface area contributed by atoms with Gasteiger partial charge in [-0.05, 0) is 6.42 Å². The van der Waals surface area contributed by atoms with Crippen molar-refractivity contribution in [3.05, 3.63) is 12.2 Å². The van der Waals surface area contributed by atoms with Crippen LogP contribution >= 0.6 is 11.8 Å². The van der Waals surface area contributed by atoms with E-state index in [-0.39, 0.29) is 5.16 Å². The molecule has 0 bridgehead atoms. The lowest BCUT2D eigenvalue weighted by Gasteiger charge is -1.97. The number of aromatic nitrogens is 3. The molecule has 0 saturated heterocycles. The minimum absolute atomic E-state index is 0.110. The predicted molar refractivity (Wildman–Crippen MR) is 45.4 cm³/mol. The van der Waals surface area contributed by atoms with E-state index in [0.717, 1.165) is 18.6 Å². The molecule has 0 spiro atoms. The molecule has 3 nitrogen and oxygen atoms in total. The highest BCUT2D eigenvalue weighted by molar-refractivity contribution is 7.99. The molecule has 0 fully saturated rings. The van der Waals surface area contributed by atoms with E-state index >= 15 is 0 Å². The second-order valence-corrected chi connectivity index (χ2v) is 3.42. The summed E-state index contributed by atoms with van der Waals surface area (Å²) in [5, 5.41) is 0.110. The van der Waals surface area contributed by atoms with Gasteiger partial charge < -0.3 is 0 Å². The minimum Gasteiger partial charge on any atom is -0.176 e. The highest BCUT2D eigenvalue weighted by Gasteiger charge is 2.04. The number of thioether (sulfide) groups is 1. The molecule has 0 amide bonds. The smallest absolute Gasteiger partial charge is 0.176 e. The van der Waals surface area contributed by atoms with Gasteiger partial charge in [0.15, 0.2) is 5.16 Å². The second-order valence-electron chi connectivity index (χ2n) is 2.36. The van der Waals surface area contributed by atoms with E-state index in [1.807, 2.05) is 6.92 Å². The Hall–Kier alpha value is -0.780. The van der Waals surface area contributed by atoms with Gasteiger partial charge in [-0.3, -0.25) is 0 Å². The quantitative estimate of drug-likeness (QED) is 0.557. The number of hydrogen-bond donors (Lipinski definition) is 0. The maximum Gasteiger partial charge on any atom is 0.315 e. The topological polar surface area (TPSA) is 38.7 Å². The molecule has 1 aromatic heterocycles. The van der Waals surface area contributed by atoms with Crippen LogP contribution in [-0.2, 0) is 0 Å². The summed E-state index contributed by atoms with van der Waals surface area (Å²) in [6.07, 6.45) is -0.124. The summed E-state index contributed by atoms with van der Waals surface area (Å²) in [6.45, 7) is 2.04. The Bertz CT molecular complexity index is 262. The average Bonchev–Trinajstić information content (AvgIpc) is 2.03. The zero-order valence-electron chi connectivity index (χ0n) is 7.13. The Balaban J connectivity index is 2.56.